The van der Waals surface area contributed by atoms with Gasteiger partial charge in [0.15, 0.2) is 0 Å². The van der Waals surface area contributed by atoms with Crippen LogP contribution in [0.5, 0.6) is 5.75 Å². The lowest BCUT2D eigenvalue weighted by molar-refractivity contribution is -0.118. The van der Waals surface area contributed by atoms with Crippen LogP contribution < -0.4 is 10.1 Å². The molecule has 0 radical (unpaired) electrons. The Hall–Kier alpha value is -2.64. The van der Waals surface area contributed by atoms with Crippen LogP contribution in [0.3, 0.4) is 0 Å². The number of amides is 1. The Labute approximate surface area is 176 Å². The van der Waals surface area contributed by atoms with Crippen LogP contribution in [0.1, 0.15) is 17.0 Å². The molecule has 29 heavy (non-hydrogen) atoms. The molecule has 0 unspecified atom stereocenters. The highest BCUT2D eigenvalue weighted by Crippen LogP contribution is 2.28. The van der Waals surface area contributed by atoms with Crippen molar-refractivity contribution in [1.82, 2.24) is 10.3 Å². The Morgan fingerprint density at radius 3 is 2.69 bits per heavy atom. The lowest BCUT2D eigenvalue weighted by atomic mass is 10.2. The number of nitrogens with zero attached hydrogens (tertiary/aromatic N) is 1. The fourth-order valence-electron chi connectivity index (χ4n) is 2.76. The van der Waals surface area contributed by atoms with E-state index in [-0.39, 0.29) is 17.4 Å². The van der Waals surface area contributed by atoms with Gasteiger partial charge in [0.05, 0.1) is 29.1 Å². The summed E-state index contributed by atoms with van der Waals surface area (Å²) in [6, 6.07) is 14.6. The molecule has 0 saturated heterocycles. The number of carbonyl (C=O) groups is 1. The molecule has 2 aromatic carbocycles. The fourth-order valence-corrected chi connectivity index (χ4v) is 4.04. The summed E-state index contributed by atoms with van der Waals surface area (Å²) in [5.41, 5.74) is 2.07. The van der Waals surface area contributed by atoms with Gasteiger partial charge in [-0.15, -0.1) is 0 Å². The first-order chi connectivity index (χ1) is 14.0. The maximum absolute atomic E-state index is 12.4. The molecule has 0 aliphatic heterocycles. The van der Waals surface area contributed by atoms with Crippen molar-refractivity contribution in [3.63, 3.8) is 0 Å². The van der Waals surface area contributed by atoms with E-state index in [1.54, 1.807) is 26.2 Å². The number of ether oxygens (including phenoxy) is 1. The standard InChI is InChI=1S/C21H21ClN2O4S/c1-14-18(24-21(28-14)16-8-4-5-9-17(16)22)12-29(26)13-20(25)23-11-15-7-3-6-10-19(15)27-2/h3-10H,11-13H2,1-2H3,(H,23,25)/t29-/m0/s1. The number of carbonyl (C=O) groups excluding carboxylic acids is 1. The van der Waals surface area contributed by atoms with Crippen molar-refractivity contribution in [2.45, 2.75) is 19.2 Å². The molecular formula is C21H21ClN2O4S. The molecule has 3 rings (SSSR count). The lowest BCUT2D eigenvalue weighted by Crippen LogP contribution is -2.28. The van der Waals surface area contributed by atoms with Gasteiger partial charge in [-0.25, -0.2) is 4.98 Å². The van der Waals surface area contributed by atoms with Gasteiger partial charge in [0.25, 0.3) is 0 Å². The van der Waals surface area contributed by atoms with Crippen molar-refractivity contribution in [3.8, 4) is 17.2 Å². The highest BCUT2D eigenvalue weighted by molar-refractivity contribution is 7.84. The van der Waals surface area contributed by atoms with E-state index in [0.717, 1.165) is 5.56 Å². The monoisotopic (exact) mass is 432 g/mol. The molecular weight excluding hydrogens is 412 g/mol. The number of hydrogen-bond donors (Lipinski definition) is 1. The molecule has 0 aliphatic rings. The first-order valence-corrected chi connectivity index (χ1v) is 10.8. The summed E-state index contributed by atoms with van der Waals surface area (Å²) < 4.78 is 23.4. The van der Waals surface area contributed by atoms with E-state index < -0.39 is 10.8 Å². The molecule has 1 heterocycles. The molecule has 1 atom stereocenters. The predicted octanol–water partition coefficient (Wildman–Crippen LogP) is 3.88. The zero-order chi connectivity index (χ0) is 20.8. The second-order valence-corrected chi connectivity index (χ2v) is 8.18. The molecule has 1 aromatic heterocycles. The van der Waals surface area contributed by atoms with E-state index >= 15 is 0 Å². The minimum Gasteiger partial charge on any atom is -0.496 e. The smallest absolute Gasteiger partial charge is 0.232 e. The average molecular weight is 433 g/mol. The number of aromatic nitrogens is 1. The maximum atomic E-state index is 12.4. The number of methoxy groups -OCH3 is 1. The van der Waals surface area contributed by atoms with E-state index in [9.17, 15) is 9.00 Å². The largest absolute Gasteiger partial charge is 0.496 e. The number of nitrogens with one attached hydrogen (secondary N) is 1. The van der Waals surface area contributed by atoms with Crippen LogP contribution in [0.2, 0.25) is 5.02 Å². The maximum Gasteiger partial charge on any atom is 0.232 e. The first-order valence-electron chi connectivity index (χ1n) is 8.92. The molecule has 8 heteroatoms. The van der Waals surface area contributed by atoms with Crippen LogP contribution >= 0.6 is 11.6 Å². The average Bonchev–Trinajstić information content (AvgIpc) is 3.06. The molecule has 1 N–H and O–H groups in total. The summed E-state index contributed by atoms with van der Waals surface area (Å²) in [5.74, 6) is 1.33. The number of hydrogen-bond acceptors (Lipinski definition) is 5. The van der Waals surface area contributed by atoms with E-state index in [4.69, 9.17) is 20.8 Å². The number of rotatable bonds is 8. The van der Waals surface area contributed by atoms with Crippen molar-refractivity contribution in [1.29, 1.82) is 0 Å². The van der Waals surface area contributed by atoms with Crippen LogP contribution in [-0.2, 0) is 27.9 Å². The summed E-state index contributed by atoms with van der Waals surface area (Å²) in [5, 5.41) is 3.30. The highest BCUT2D eigenvalue weighted by atomic mass is 35.5. The van der Waals surface area contributed by atoms with Crippen LogP contribution in [0.15, 0.2) is 52.9 Å². The number of para-hydroxylation sites is 1. The van der Waals surface area contributed by atoms with Crippen molar-refractivity contribution >= 4 is 28.3 Å². The van der Waals surface area contributed by atoms with Crippen molar-refractivity contribution < 1.29 is 18.2 Å². The van der Waals surface area contributed by atoms with Crippen molar-refractivity contribution in [2.24, 2.45) is 0 Å². The zero-order valence-corrected chi connectivity index (χ0v) is 17.7. The third-order valence-electron chi connectivity index (χ3n) is 4.26. The van der Waals surface area contributed by atoms with Gasteiger partial charge in [-0.1, -0.05) is 41.9 Å². The summed E-state index contributed by atoms with van der Waals surface area (Å²) in [6.45, 7) is 2.06. The van der Waals surface area contributed by atoms with E-state index in [0.29, 0.717) is 40.2 Å². The molecule has 0 spiro atoms. The van der Waals surface area contributed by atoms with E-state index in [1.165, 1.54) is 0 Å². The molecule has 152 valence electrons. The van der Waals surface area contributed by atoms with Crippen molar-refractivity contribution in [2.75, 3.05) is 12.9 Å². The normalized spacial score (nSPS) is 11.8. The molecule has 0 aliphatic carbocycles. The van der Waals surface area contributed by atoms with Gasteiger partial charge in [0.2, 0.25) is 11.8 Å². The van der Waals surface area contributed by atoms with Gasteiger partial charge < -0.3 is 14.5 Å². The number of halogens is 1. The minimum absolute atomic E-state index is 0.122. The summed E-state index contributed by atoms with van der Waals surface area (Å²) in [4.78, 5) is 16.6. The van der Waals surface area contributed by atoms with E-state index in [1.807, 2.05) is 36.4 Å². The highest BCUT2D eigenvalue weighted by Gasteiger charge is 2.17. The Bertz CT molecular complexity index is 1040. The van der Waals surface area contributed by atoms with Crippen molar-refractivity contribution in [3.05, 3.63) is 70.6 Å². The molecule has 0 fully saturated rings. The molecule has 3 aromatic rings. The number of benzene rings is 2. The van der Waals surface area contributed by atoms with Gasteiger partial charge >= 0.3 is 0 Å². The molecule has 0 saturated carbocycles. The van der Waals surface area contributed by atoms with Gasteiger partial charge in [-0.2, -0.15) is 0 Å². The number of aryl methyl sites for hydroxylation is 1. The summed E-state index contributed by atoms with van der Waals surface area (Å²) in [7, 11) is 0.153. The third kappa shape index (κ3) is 5.46. The Kier molecular flexibility index (Phi) is 7.06. The van der Waals surface area contributed by atoms with Gasteiger partial charge in [0, 0.05) is 22.9 Å². The number of oxazole rings is 1. The van der Waals surface area contributed by atoms with Crippen LogP contribution in [-0.4, -0.2) is 28.0 Å². The van der Waals surface area contributed by atoms with Gasteiger partial charge in [-0.05, 0) is 25.1 Å². The van der Waals surface area contributed by atoms with Crippen LogP contribution in [0.25, 0.3) is 11.5 Å². The molecule has 0 bridgehead atoms. The SMILES string of the molecule is COc1ccccc1CNC(=O)C[S@@](=O)Cc1nc(-c2ccccc2Cl)oc1C. The Balaban J connectivity index is 1.58. The second-order valence-electron chi connectivity index (χ2n) is 6.32. The summed E-state index contributed by atoms with van der Waals surface area (Å²) >= 11 is 6.18. The molecule has 6 nitrogen and oxygen atoms in total. The quantitative estimate of drug-likeness (QED) is 0.584. The molecule has 1 amide bonds. The third-order valence-corrected chi connectivity index (χ3v) is 5.76. The topological polar surface area (TPSA) is 81.4 Å². The van der Waals surface area contributed by atoms with E-state index in [2.05, 4.69) is 10.3 Å². The fraction of sp³-hybridized carbons (Fsp3) is 0.238. The minimum atomic E-state index is -1.42. The first kappa shape index (κ1) is 21.1. The van der Waals surface area contributed by atoms with Crippen LogP contribution in [0.4, 0.5) is 0 Å². The van der Waals surface area contributed by atoms with Gasteiger partial charge in [0.1, 0.15) is 17.3 Å². The zero-order valence-electron chi connectivity index (χ0n) is 16.1. The predicted molar refractivity (Wildman–Crippen MR) is 113 cm³/mol. The lowest BCUT2D eigenvalue weighted by Gasteiger charge is -2.09. The van der Waals surface area contributed by atoms with Crippen LogP contribution in [0, 0.1) is 6.92 Å². The Morgan fingerprint density at radius 1 is 1.21 bits per heavy atom. The Morgan fingerprint density at radius 2 is 1.93 bits per heavy atom. The van der Waals surface area contributed by atoms with Gasteiger partial charge in [-0.3, -0.25) is 9.00 Å². The summed E-state index contributed by atoms with van der Waals surface area (Å²) in [6.07, 6.45) is 0. The second kappa shape index (κ2) is 9.71.